The fourth-order valence-corrected chi connectivity index (χ4v) is 6.65. The number of hydrogen-bond acceptors (Lipinski definition) is 6. The Hall–Kier alpha value is -2.27. The first kappa shape index (κ1) is 27.0. The standard InChI is InChI=1S/C23H31FN2O5S2/c1-17(2)26(18(3)4)33(29,30)21-11-9-19(10-12-21)15-31-22-7-5-6-8-23(22)32(27,28)16-20(24)13-14-25/h5-13,17-18H,14-16,25H2,1-4H3/b20-13-. The molecule has 0 spiro atoms. The molecule has 10 heteroatoms. The summed E-state index contributed by atoms with van der Waals surface area (Å²) in [6, 6.07) is 11.8. The minimum absolute atomic E-state index is 0.00601. The Morgan fingerprint density at radius 3 is 2.12 bits per heavy atom. The second kappa shape index (κ2) is 11.2. The predicted octanol–water partition coefficient (Wildman–Crippen LogP) is 3.66. The summed E-state index contributed by atoms with van der Waals surface area (Å²) in [4.78, 5) is 0.0353. The smallest absolute Gasteiger partial charge is 0.243 e. The molecule has 0 atom stereocenters. The number of rotatable bonds is 11. The van der Waals surface area contributed by atoms with Gasteiger partial charge in [-0.15, -0.1) is 0 Å². The Labute approximate surface area is 196 Å². The van der Waals surface area contributed by atoms with Crippen LogP contribution in [0.2, 0.25) is 0 Å². The Balaban J connectivity index is 2.22. The van der Waals surface area contributed by atoms with E-state index < -0.39 is 31.4 Å². The Morgan fingerprint density at radius 1 is 1.00 bits per heavy atom. The van der Waals surface area contributed by atoms with E-state index >= 15 is 0 Å². The molecule has 182 valence electrons. The maximum atomic E-state index is 13.8. The lowest BCUT2D eigenvalue weighted by Gasteiger charge is -2.29. The maximum absolute atomic E-state index is 13.8. The predicted molar refractivity (Wildman–Crippen MR) is 127 cm³/mol. The normalized spacial score (nSPS) is 13.2. The van der Waals surface area contributed by atoms with Gasteiger partial charge in [-0.3, -0.25) is 0 Å². The SMILES string of the molecule is CC(C)N(C(C)C)S(=O)(=O)c1ccc(COc2ccccc2S(=O)(=O)C/C(F)=C/CN)cc1. The van der Waals surface area contributed by atoms with E-state index in [0.717, 1.165) is 6.08 Å². The van der Waals surface area contributed by atoms with Crippen LogP contribution in [0.25, 0.3) is 0 Å². The molecule has 2 N–H and O–H groups in total. The fourth-order valence-electron chi connectivity index (χ4n) is 3.46. The van der Waals surface area contributed by atoms with Gasteiger partial charge in [0.05, 0.1) is 4.90 Å². The number of halogens is 1. The molecule has 2 aromatic carbocycles. The Bertz CT molecular complexity index is 1170. The van der Waals surface area contributed by atoms with E-state index in [1.807, 2.05) is 27.7 Å². The molecule has 2 rings (SSSR count). The van der Waals surface area contributed by atoms with Crippen molar-refractivity contribution in [2.24, 2.45) is 5.73 Å². The first-order valence-electron chi connectivity index (χ1n) is 10.5. The largest absolute Gasteiger partial charge is 0.488 e. The van der Waals surface area contributed by atoms with Crippen molar-refractivity contribution in [3.63, 3.8) is 0 Å². The molecule has 0 saturated carbocycles. The zero-order valence-corrected chi connectivity index (χ0v) is 20.9. The number of sulfonamides is 1. The molecule has 7 nitrogen and oxygen atoms in total. The van der Waals surface area contributed by atoms with Crippen LogP contribution >= 0.6 is 0 Å². The van der Waals surface area contributed by atoms with Crippen LogP contribution in [0, 0.1) is 0 Å². The summed E-state index contributed by atoms with van der Waals surface area (Å²) in [5.41, 5.74) is 5.89. The van der Waals surface area contributed by atoms with Crippen LogP contribution < -0.4 is 10.5 Å². The van der Waals surface area contributed by atoms with Gasteiger partial charge in [-0.25, -0.2) is 21.2 Å². The number of benzene rings is 2. The van der Waals surface area contributed by atoms with Gasteiger partial charge in [-0.1, -0.05) is 24.3 Å². The van der Waals surface area contributed by atoms with E-state index in [9.17, 15) is 21.2 Å². The highest BCUT2D eigenvalue weighted by molar-refractivity contribution is 7.91. The number of para-hydroxylation sites is 1. The van der Waals surface area contributed by atoms with Gasteiger partial charge in [0, 0.05) is 18.6 Å². The second-order valence-electron chi connectivity index (χ2n) is 8.05. The summed E-state index contributed by atoms with van der Waals surface area (Å²) in [6.45, 7) is 7.20. The molecule has 0 radical (unpaired) electrons. The summed E-state index contributed by atoms with van der Waals surface area (Å²) >= 11 is 0. The molecule has 0 heterocycles. The average Bonchev–Trinajstić information content (AvgIpc) is 2.71. The fraction of sp³-hybridized carbons (Fsp3) is 0.391. The Morgan fingerprint density at radius 2 is 1.58 bits per heavy atom. The monoisotopic (exact) mass is 498 g/mol. The number of sulfone groups is 1. The summed E-state index contributed by atoms with van der Waals surface area (Å²) in [5, 5.41) is 0. The van der Waals surface area contributed by atoms with Gasteiger partial charge in [0.25, 0.3) is 0 Å². The van der Waals surface area contributed by atoms with Crippen molar-refractivity contribution in [3.05, 3.63) is 66.0 Å². The van der Waals surface area contributed by atoms with E-state index in [1.165, 1.54) is 34.6 Å². The van der Waals surface area contributed by atoms with Crippen molar-refractivity contribution in [2.75, 3.05) is 12.3 Å². The van der Waals surface area contributed by atoms with Crippen LogP contribution in [0.1, 0.15) is 33.3 Å². The van der Waals surface area contributed by atoms with Gasteiger partial charge in [0.15, 0.2) is 9.84 Å². The summed E-state index contributed by atoms with van der Waals surface area (Å²) in [6.07, 6.45) is 1.01. The van der Waals surface area contributed by atoms with Gasteiger partial charge in [0.2, 0.25) is 10.0 Å². The molecular formula is C23H31FN2O5S2. The van der Waals surface area contributed by atoms with Gasteiger partial charge in [-0.2, -0.15) is 4.31 Å². The third-order valence-electron chi connectivity index (χ3n) is 4.76. The van der Waals surface area contributed by atoms with E-state index in [1.54, 1.807) is 18.2 Å². The maximum Gasteiger partial charge on any atom is 0.243 e. The third-order valence-corrected chi connectivity index (χ3v) is 8.69. The lowest BCUT2D eigenvalue weighted by molar-refractivity contribution is 0.297. The third kappa shape index (κ3) is 6.86. The van der Waals surface area contributed by atoms with Crippen molar-refractivity contribution in [1.82, 2.24) is 4.31 Å². The zero-order valence-electron chi connectivity index (χ0n) is 19.2. The van der Waals surface area contributed by atoms with E-state index in [2.05, 4.69) is 0 Å². The molecule has 0 aromatic heterocycles. The quantitative estimate of drug-likeness (QED) is 0.507. The minimum Gasteiger partial charge on any atom is -0.488 e. The first-order chi connectivity index (χ1) is 15.4. The van der Waals surface area contributed by atoms with E-state index in [-0.39, 0.29) is 40.8 Å². The molecule has 0 aliphatic carbocycles. The molecule has 0 unspecified atom stereocenters. The Kier molecular flexibility index (Phi) is 9.19. The molecule has 0 bridgehead atoms. The highest BCUT2D eigenvalue weighted by atomic mass is 32.2. The highest BCUT2D eigenvalue weighted by Crippen LogP contribution is 2.27. The van der Waals surface area contributed by atoms with Crippen molar-refractivity contribution < 1.29 is 26.0 Å². The van der Waals surface area contributed by atoms with Crippen molar-refractivity contribution in [2.45, 2.75) is 56.2 Å². The second-order valence-corrected chi connectivity index (χ2v) is 11.8. The molecule has 0 amide bonds. The molecule has 33 heavy (non-hydrogen) atoms. The topological polar surface area (TPSA) is 107 Å². The highest BCUT2D eigenvalue weighted by Gasteiger charge is 2.29. The van der Waals surface area contributed by atoms with Crippen molar-refractivity contribution >= 4 is 19.9 Å². The lowest BCUT2D eigenvalue weighted by atomic mass is 10.2. The van der Waals surface area contributed by atoms with Crippen LogP contribution in [-0.4, -0.2) is 45.5 Å². The van der Waals surface area contributed by atoms with Crippen LogP contribution in [0.3, 0.4) is 0 Å². The summed E-state index contributed by atoms with van der Waals surface area (Å²) < 4.78 is 72.1. The molecule has 0 aliphatic rings. The number of ether oxygens (including phenoxy) is 1. The van der Waals surface area contributed by atoms with Crippen LogP contribution in [0.15, 0.2) is 70.2 Å². The van der Waals surface area contributed by atoms with E-state index in [0.29, 0.717) is 5.56 Å². The van der Waals surface area contributed by atoms with Crippen molar-refractivity contribution in [3.8, 4) is 5.75 Å². The number of hydrogen-bond donors (Lipinski definition) is 1. The lowest BCUT2D eigenvalue weighted by Crippen LogP contribution is -2.41. The van der Waals surface area contributed by atoms with Gasteiger partial charge in [-0.05, 0) is 63.6 Å². The minimum atomic E-state index is -3.98. The molecule has 0 saturated heterocycles. The van der Waals surface area contributed by atoms with Crippen LogP contribution in [0.4, 0.5) is 4.39 Å². The van der Waals surface area contributed by atoms with Gasteiger partial charge >= 0.3 is 0 Å². The van der Waals surface area contributed by atoms with Crippen LogP contribution in [-0.2, 0) is 26.5 Å². The van der Waals surface area contributed by atoms with Gasteiger partial charge < -0.3 is 10.5 Å². The average molecular weight is 499 g/mol. The molecule has 0 aliphatic heterocycles. The number of nitrogens with two attached hydrogens (primary N) is 1. The van der Waals surface area contributed by atoms with Crippen LogP contribution in [0.5, 0.6) is 5.75 Å². The summed E-state index contributed by atoms with van der Waals surface area (Å²) in [7, 11) is -7.64. The zero-order chi connectivity index (χ0) is 24.8. The first-order valence-corrected chi connectivity index (χ1v) is 13.6. The summed E-state index contributed by atoms with van der Waals surface area (Å²) in [5.74, 6) is -1.55. The van der Waals surface area contributed by atoms with Gasteiger partial charge in [0.1, 0.15) is 28.8 Å². The van der Waals surface area contributed by atoms with Crippen molar-refractivity contribution in [1.29, 1.82) is 0 Å². The van der Waals surface area contributed by atoms with E-state index in [4.69, 9.17) is 10.5 Å². The molecule has 0 fully saturated rings. The molecule has 2 aromatic rings. The number of nitrogens with zero attached hydrogens (tertiary/aromatic N) is 1. The molecular weight excluding hydrogens is 467 g/mol.